The van der Waals surface area contributed by atoms with Crippen LogP contribution in [0.3, 0.4) is 0 Å². The molecule has 2 aliphatic heterocycles. The highest BCUT2D eigenvalue weighted by atomic mass is 127. The molecule has 0 radical (unpaired) electrons. The number of guanidine groups is 1. The standard InChI is InChI=1S/C17H31N3O4.HI/c1-13-10-20(11-15(13)16(21)22-3)17(18-2)19-7-5-8-23-12-14-6-4-9-24-14;/h13-15H,4-12H2,1-3H3,(H,18,19);1H. The Morgan fingerprint density at radius 2 is 2.20 bits per heavy atom. The molecule has 2 rings (SSSR count). The maximum Gasteiger partial charge on any atom is 0.310 e. The van der Waals surface area contributed by atoms with Crippen molar-refractivity contribution in [2.45, 2.75) is 32.3 Å². The summed E-state index contributed by atoms with van der Waals surface area (Å²) >= 11 is 0. The van der Waals surface area contributed by atoms with Crippen LogP contribution < -0.4 is 5.32 Å². The Labute approximate surface area is 167 Å². The number of esters is 1. The van der Waals surface area contributed by atoms with Gasteiger partial charge in [0, 0.05) is 39.9 Å². The lowest BCUT2D eigenvalue weighted by atomic mass is 9.99. The second kappa shape index (κ2) is 11.9. The van der Waals surface area contributed by atoms with Gasteiger partial charge in [0.1, 0.15) is 0 Å². The SMILES string of the molecule is CN=C(NCCCOCC1CCCO1)N1CC(C)C(C(=O)OC)C1.I. The van der Waals surface area contributed by atoms with Crippen LogP contribution in [0, 0.1) is 11.8 Å². The minimum atomic E-state index is -0.136. The molecule has 146 valence electrons. The van der Waals surface area contributed by atoms with Gasteiger partial charge < -0.3 is 24.4 Å². The highest BCUT2D eigenvalue weighted by Crippen LogP contribution is 2.24. The molecule has 0 aromatic rings. The van der Waals surface area contributed by atoms with Gasteiger partial charge in [-0.1, -0.05) is 6.92 Å². The molecule has 2 heterocycles. The summed E-state index contributed by atoms with van der Waals surface area (Å²) in [5, 5.41) is 3.35. The van der Waals surface area contributed by atoms with E-state index in [9.17, 15) is 4.79 Å². The summed E-state index contributed by atoms with van der Waals surface area (Å²) in [6, 6.07) is 0. The van der Waals surface area contributed by atoms with Crippen molar-refractivity contribution in [3.8, 4) is 0 Å². The first kappa shape index (κ1) is 22.4. The molecule has 7 nitrogen and oxygen atoms in total. The maximum atomic E-state index is 11.8. The number of carbonyl (C=O) groups is 1. The smallest absolute Gasteiger partial charge is 0.310 e. The van der Waals surface area contributed by atoms with Gasteiger partial charge in [-0.25, -0.2) is 0 Å². The Kier molecular flexibility index (Phi) is 10.7. The van der Waals surface area contributed by atoms with E-state index in [4.69, 9.17) is 14.2 Å². The van der Waals surface area contributed by atoms with Crippen LogP contribution in [0.1, 0.15) is 26.2 Å². The maximum absolute atomic E-state index is 11.8. The zero-order chi connectivity index (χ0) is 17.4. The van der Waals surface area contributed by atoms with Crippen LogP contribution in [-0.2, 0) is 19.0 Å². The zero-order valence-corrected chi connectivity index (χ0v) is 17.9. The highest BCUT2D eigenvalue weighted by Gasteiger charge is 2.36. The number of carbonyl (C=O) groups excluding carboxylic acids is 1. The minimum Gasteiger partial charge on any atom is -0.469 e. The third kappa shape index (κ3) is 6.90. The van der Waals surface area contributed by atoms with Gasteiger partial charge in [-0.15, -0.1) is 24.0 Å². The molecule has 0 aromatic heterocycles. The lowest BCUT2D eigenvalue weighted by Crippen LogP contribution is -2.41. The van der Waals surface area contributed by atoms with Crippen molar-refractivity contribution in [3.05, 3.63) is 0 Å². The normalized spacial score (nSPS) is 26.4. The number of methoxy groups -OCH3 is 1. The average molecular weight is 469 g/mol. The zero-order valence-electron chi connectivity index (χ0n) is 15.5. The van der Waals surface area contributed by atoms with Gasteiger partial charge in [0.15, 0.2) is 5.96 Å². The van der Waals surface area contributed by atoms with Gasteiger partial charge in [0.05, 0.1) is 25.7 Å². The fourth-order valence-electron chi connectivity index (χ4n) is 3.30. The molecule has 3 atom stereocenters. The van der Waals surface area contributed by atoms with Gasteiger partial charge in [-0.05, 0) is 25.2 Å². The van der Waals surface area contributed by atoms with E-state index in [0.717, 1.165) is 44.9 Å². The third-order valence-corrected chi connectivity index (χ3v) is 4.70. The first-order valence-corrected chi connectivity index (χ1v) is 8.88. The first-order chi connectivity index (χ1) is 11.7. The molecular weight excluding hydrogens is 437 g/mol. The van der Waals surface area contributed by atoms with E-state index >= 15 is 0 Å². The number of halogens is 1. The van der Waals surface area contributed by atoms with Crippen LogP contribution in [0.5, 0.6) is 0 Å². The van der Waals surface area contributed by atoms with Crippen molar-refractivity contribution < 1.29 is 19.0 Å². The molecule has 25 heavy (non-hydrogen) atoms. The van der Waals surface area contributed by atoms with Gasteiger partial charge in [0.2, 0.25) is 0 Å². The molecule has 0 aromatic carbocycles. The summed E-state index contributed by atoms with van der Waals surface area (Å²) < 4.78 is 16.1. The molecule has 0 spiro atoms. The van der Waals surface area contributed by atoms with Crippen molar-refractivity contribution in [2.75, 3.05) is 53.6 Å². The van der Waals surface area contributed by atoms with Crippen molar-refractivity contribution in [1.29, 1.82) is 0 Å². The molecule has 0 amide bonds. The van der Waals surface area contributed by atoms with Crippen LogP contribution in [0.15, 0.2) is 4.99 Å². The van der Waals surface area contributed by atoms with E-state index < -0.39 is 0 Å². The third-order valence-electron chi connectivity index (χ3n) is 4.70. The topological polar surface area (TPSA) is 72.4 Å². The summed E-state index contributed by atoms with van der Waals surface area (Å²) in [6.07, 6.45) is 3.45. The van der Waals surface area contributed by atoms with Gasteiger partial charge in [0.25, 0.3) is 0 Å². The van der Waals surface area contributed by atoms with E-state index in [-0.39, 0.29) is 47.9 Å². The van der Waals surface area contributed by atoms with Crippen LogP contribution in [0.2, 0.25) is 0 Å². The van der Waals surface area contributed by atoms with Gasteiger partial charge >= 0.3 is 5.97 Å². The van der Waals surface area contributed by atoms with Gasteiger partial charge in [-0.2, -0.15) is 0 Å². The van der Waals surface area contributed by atoms with Crippen LogP contribution in [0.25, 0.3) is 0 Å². The second-order valence-corrected chi connectivity index (χ2v) is 6.55. The highest BCUT2D eigenvalue weighted by molar-refractivity contribution is 14.0. The van der Waals surface area contributed by atoms with Crippen molar-refractivity contribution in [2.24, 2.45) is 16.8 Å². The second-order valence-electron chi connectivity index (χ2n) is 6.55. The summed E-state index contributed by atoms with van der Waals surface area (Å²) in [5.41, 5.74) is 0. The predicted octanol–water partition coefficient (Wildman–Crippen LogP) is 1.51. The van der Waals surface area contributed by atoms with E-state index in [1.807, 2.05) is 0 Å². The summed E-state index contributed by atoms with van der Waals surface area (Å²) in [7, 11) is 3.22. The summed E-state index contributed by atoms with van der Waals surface area (Å²) in [4.78, 5) is 18.2. The van der Waals surface area contributed by atoms with E-state index in [1.54, 1.807) is 7.05 Å². The number of rotatable bonds is 7. The number of aliphatic imine (C=N–C) groups is 1. The van der Waals surface area contributed by atoms with Gasteiger partial charge in [-0.3, -0.25) is 9.79 Å². The van der Waals surface area contributed by atoms with Crippen LogP contribution in [0.4, 0.5) is 0 Å². The fraction of sp³-hybridized carbons (Fsp3) is 0.882. The molecule has 2 saturated heterocycles. The van der Waals surface area contributed by atoms with Crippen molar-refractivity contribution in [3.63, 3.8) is 0 Å². The fourth-order valence-corrected chi connectivity index (χ4v) is 3.30. The number of nitrogens with one attached hydrogen (secondary N) is 1. The Morgan fingerprint density at radius 1 is 1.40 bits per heavy atom. The molecule has 2 fully saturated rings. The molecule has 2 aliphatic rings. The van der Waals surface area contributed by atoms with E-state index in [1.165, 1.54) is 7.11 Å². The summed E-state index contributed by atoms with van der Waals surface area (Å²) in [6.45, 7) is 6.62. The lowest BCUT2D eigenvalue weighted by molar-refractivity contribution is -0.145. The molecule has 3 unspecified atom stereocenters. The molecule has 1 N–H and O–H groups in total. The monoisotopic (exact) mass is 469 g/mol. The number of ether oxygens (including phenoxy) is 3. The van der Waals surface area contributed by atoms with Crippen LogP contribution in [-0.4, -0.2) is 76.5 Å². The Hall–Kier alpha value is -0.610. The molecule has 0 bridgehead atoms. The number of nitrogens with zero attached hydrogens (tertiary/aromatic N) is 2. The van der Waals surface area contributed by atoms with Crippen LogP contribution >= 0.6 is 24.0 Å². The predicted molar refractivity (Wildman–Crippen MR) is 107 cm³/mol. The molecule has 0 saturated carbocycles. The van der Waals surface area contributed by atoms with Crippen molar-refractivity contribution >= 4 is 35.9 Å². The minimum absolute atomic E-state index is 0. The Balaban J connectivity index is 0.00000312. The molecule has 8 heteroatoms. The number of hydrogen-bond donors (Lipinski definition) is 1. The quantitative estimate of drug-likeness (QED) is 0.200. The van der Waals surface area contributed by atoms with E-state index in [2.05, 4.69) is 22.1 Å². The van der Waals surface area contributed by atoms with Crippen molar-refractivity contribution in [1.82, 2.24) is 10.2 Å². The molecular formula is C17H32IN3O4. The molecule has 0 aliphatic carbocycles. The lowest BCUT2D eigenvalue weighted by Gasteiger charge is -2.21. The summed E-state index contributed by atoms with van der Waals surface area (Å²) in [5.74, 6) is 0.893. The largest absolute Gasteiger partial charge is 0.469 e. The number of likely N-dealkylation sites (tertiary alicyclic amines) is 1. The average Bonchev–Trinajstić information content (AvgIpc) is 3.23. The Morgan fingerprint density at radius 3 is 2.84 bits per heavy atom. The number of hydrogen-bond acceptors (Lipinski definition) is 5. The Bertz CT molecular complexity index is 430. The van der Waals surface area contributed by atoms with E-state index in [0.29, 0.717) is 19.8 Å². The first-order valence-electron chi connectivity index (χ1n) is 8.88.